The minimum atomic E-state index is 0.357. The van der Waals surface area contributed by atoms with Gasteiger partial charge in [-0.25, -0.2) is 0 Å². The molecule has 0 aliphatic carbocycles. The predicted molar refractivity (Wildman–Crippen MR) is 73.7 cm³/mol. The van der Waals surface area contributed by atoms with Crippen molar-refractivity contribution in [1.82, 2.24) is 5.32 Å². The maximum absolute atomic E-state index is 5.65. The van der Waals surface area contributed by atoms with Crippen molar-refractivity contribution in [1.29, 1.82) is 0 Å². The molecular weight excluding hydrogens is 282 g/mol. The third-order valence-electron chi connectivity index (χ3n) is 2.41. The molecule has 1 atom stereocenters. The molecule has 0 bridgehead atoms. The Labute approximate surface area is 112 Å². The number of rotatable bonds is 7. The van der Waals surface area contributed by atoms with E-state index >= 15 is 0 Å². The Hall–Kier alpha value is -0.580. The maximum atomic E-state index is 5.65. The molecule has 17 heavy (non-hydrogen) atoms. The van der Waals surface area contributed by atoms with Gasteiger partial charge in [-0.2, -0.15) is 0 Å². The van der Waals surface area contributed by atoms with Crippen LogP contribution >= 0.6 is 15.9 Å². The van der Waals surface area contributed by atoms with Crippen LogP contribution in [0.25, 0.3) is 0 Å². The van der Waals surface area contributed by atoms with Gasteiger partial charge in [0.2, 0.25) is 0 Å². The summed E-state index contributed by atoms with van der Waals surface area (Å²) in [5, 5.41) is 3.32. The standard InChI is InChI=1S/C13H20BrNO2/c1-10-8-12(4-5-13(10)14)17-7-6-15-11(2)9-16-3/h4-5,8,11,15H,6-7,9H2,1-3H3. The lowest BCUT2D eigenvalue weighted by Gasteiger charge is -2.13. The largest absolute Gasteiger partial charge is 0.492 e. The molecular formula is C13H20BrNO2. The van der Waals surface area contributed by atoms with Gasteiger partial charge in [-0.15, -0.1) is 0 Å². The normalized spacial score (nSPS) is 12.5. The molecule has 1 rings (SSSR count). The predicted octanol–water partition coefficient (Wildman–Crippen LogP) is 2.76. The zero-order chi connectivity index (χ0) is 12.7. The highest BCUT2D eigenvalue weighted by molar-refractivity contribution is 9.10. The molecule has 0 fully saturated rings. The van der Waals surface area contributed by atoms with Crippen molar-refractivity contribution in [3.8, 4) is 5.75 Å². The van der Waals surface area contributed by atoms with Crippen molar-refractivity contribution < 1.29 is 9.47 Å². The van der Waals surface area contributed by atoms with Gasteiger partial charge in [0.15, 0.2) is 0 Å². The quantitative estimate of drug-likeness (QED) is 0.786. The molecule has 96 valence electrons. The van der Waals surface area contributed by atoms with Crippen LogP contribution in [0.15, 0.2) is 22.7 Å². The number of methoxy groups -OCH3 is 1. The first-order valence-corrected chi connectivity index (χ1v) is 6.54. The number of hydrogen-bond donors (Lipinski definition) is 1. The third-order valence-corrected chi connectivity index (χ3v) is 3.30. The highest BCUT2D eigenvalue weighted by atomic mass is 79.9. The molecule has 0 amide bonds. The van der Waals surface area contributed by atoms with Gasteiger partial charge in [-0.3, -0.25) is 0 Å². The first-order chi connectivity index (χ1) is 8.13. The van der Waals surface area contributed by atoms with Crippen molar-refractivity contribution >= 4 is 15.9 Å². The molecule has 1 N–H and O–H groups in total. The number of halogens is 1. The summed E-state index contributed by atoms with van der Waals surface area (Å²) in [4.78, 5) is 0. The van der Waals surface area contributed by atoms with Crippen LogP contribution in [0.1, 0.15) is 12.5 Å². The first kappa shape index (κ1) is 14.5. The number of benzene rings is 1. The molecule has 0 aliphatic rings. The minimum absolute atomic E-state index is 0.357. The fourth-order valence-electron chi connectivity index (χ4n) is 1.49. The molecule has 1 aromatic carbocycles. The van der Waals surface area contributed by atoms with Crippen LogP contribution in [0.2, 0.25) is 0 Å². The van der Waals surface area contributed by atoms with E-state index < -0.39 is 0 Å². The summed E-state index contributed by atoms with van der Waals surface area (Å²) < 4.78 is 11.8. The van der Waals surface area contributed by atoms with Crippen LogP contribution < -0.4 is 10.1 Å². The molecule has 1 unspecified atom stereocenters. The Balaban J connectivity index is 2.24. The molecule has 1 aromatic rings. The summed E-state index contributed by atoms with van der Waals surface area (Å²) in [6, 6.07) is 6.36. The fourth-order valence-corrected chi connectivity index (χ4v) is 1.74. The Morgan fingerprint density at radius 1 is 1.41 bits per heavy atom. The van der Waals surface area contributed by atoms with Gasteiger partial charge < -0.3 is 14.8 Å². The second kappa shape index (κ2) is 7.69. The summed E-state index contributed by atoms with van der Waals surface area (Å²) in [5.74, 6) is 0.909. The number of nitrogens with one attached hydrogen (secondary N) is 1. The van der Waals surface area contributed by atoms with E-state index in [0.717, 1.165) is 23.4 Å². The maximum Gasteiger partial charge on any atom is 0.119 e. The van der Waals surface area contributed by atoms with Gasteiger partial charge in [-0.1, -0.05) is 15.9 Å². The lowest BCUT2D eigenvalue weighted by atomic mass is 10.2. The molecule has 3 nitrogen and oxygen atoms in total. The second-order valence-corrected chi connectivity index (χ2v) is 4.92. The molecule has 4 heteroatoms. The molecule has 0 spiro atoms. The highest BCUT2D eigenvalue weighted by Gasteiger charge is 2.00. The van der Waals surface area contributed by atoms with Crippen LogP contribution in [-0.4, -0.2) is 32.9 Å². The van der Waals surface area contributed by atoms with Gasteiger partial charge in [-0.05, 0) is 37.6 Å². The van der Waals surface area contributed by atoms with Gasteiger partial charge in [0.1, 0.15) is 12.4 Å². The molecule has 0 radical (unpaired) electrons. The van der Waals surface area contributed by atoms with Crippen LogP contribution in [0.4, 0.5) is 0 Å². The summed E-state index contributed by atoms with van der Waals surface area (Å²) >= 11 is 3.47. The van der Waals surface area contributed by atoms with Crippen LogP contribution in [0.5, 0.6) is 5.75 Å². The van der Waals surface area contributed by atoms with E-state index in [1.54, 1.807) is 7.11 Å². The number of aryl methyl sites for hydroxylation is 1. The average Bonchev–Trinajstić information content (AvgIpc) is 2.29. The Bertz CT molecular complexity index is 344. The van der Waals surface area contributed by atoms with Gasteiger partial charge >= 0.3 is 0 Å². The van der Waals surface area contributed by atoms with Crippen LogP contribution in [0.3, 0.4) is 0 Å². The lowest BCUT2D eigenvalue weighted by Crippen LogP contribution is -2.33. The third kappa shape index (κ3) is 5.52. The fraction of sp³-hybridized carbons (Fsp3) is 0.538. The van der Waals surface area contributed by atoms with E-state index in [0.29, 0.717) is 12.6 Å². The number of ether oxygens (including phenoxy) is 2. The Kier molecular flexibility index (Phi) is 6.55. The molecule has 0 aliphatic heterocycles. The van der Waals surface area contributed by atoms with Gasteiger partial charge in [0, 0.05) is 24.2 Å². The van der Waals surface area contributed by atoms with E-state index in [1.165, 1.54) is 5.56 Å². The summed E-state index contributed by atoms with van der Waals surface area (Å²) in [6.07, 6.45) is 0. The SMILES string of the molecule is COCC(C)NCCOc1ccc(Br)c(C)c1. The summed E-state index contributed by atoms with van der Waals surface area (Å²) in [6.45, 7) is 6.34. The van der Waals surface area contributed by atoms with E-state index in [1.807, 2.05) is 18.2 Å². The second-order valence-electron chi connectivity index (χ2n) is 4.07. The zero-order valence-corrected chi connectivity index (χ0v) is 12.2. The average molecular weight is 302 g/mol. The Morgan fingerprint density at radius 3 is 2.82 bits per heavy atom. The van der Waals surface area contributed by atoms with Gasteiger partial charge in [0.25, 0.3) is 0 Å². The Morgan fingerprint density at radius 2 is 2.18 bits per heavy atom. The van der Waals surface area contributed by atoms with E-state index in [2.05, 4.69) is 35.1 Å². The minimum Gasteiger partial charge on any atom is -0.492 e. The highest BCUT2D eigenvalue weighted by Crippen LogP contribution is 2.21. The smallest absolute Gasteiger partial charge is 0.119 e. The van der Waals surface area contributed by atoms with Gasteiger partial charge in [0.05, 0.1) is 6.61 Å². The summed E-state index contributed by atoms with van der Waals surface area (Å²) in [5.41, 5.74) is 1.18. The van der Waals surface area contributed by atoms with Crippen molar-refractivity contribution in [2.75, 3.05) is 26.9 Å². The van der Waals surface area contributed by atoms with Crippen molar-refractivity contribution in [2.45, 2.75) is 19.9 Å². The monoisotopic (exact) mass is 301 g/mol. The number of hydrogen-bond acceptors (Lipinski definition) is 3. The van der Waals surface area contributed by atoms with E-state index in [-0.39, 0.29) is 0 Å². The first-order valence-electron chi connectivity index (χ1n) is 5.74. The van der Waals surface area contributed by atoms with E-state index in [9.17, 15) is 0 Å². The van der Waals surface area contributed by atoms with Crippen LogP contribution in [0, 0.1) is 6.92 Å². The van der Waals surface area contributed by atoms with Crippen molar-refractivity contribution in [2.24, 2.45) is 0 Å². The van der Waals surface area contributed by atoms with E-state index in [4.69, 9.17) is 9.47 Å². The molecule has 0 saturated carbocycles. The molecule has 0 saturated heterocycles. The van der Waals surface area contributed by atoms with Crippen molar-refractivity contribution in [3.63, 3.8) is 0 Å². The topological polar surface area (TPSA) is 30.5 Å². The lowest BCUT2D eigenvalue weighted by molar-refractivity contribution is 0.169. The van der Waals surface area contributed by atoms with Crippen LogP contribution in [-0.2, 0) is 4.74 Å². The molecule has 0 heterocycles. The van der Waals surface area contributed by atoms with Crippen molar-refractivity contribution in [3.05, 3.63) is 28.2 Å². The molecule has 0 aromatic heterocycles. The summed E-state index contributed by atoms with van der Waals surface area (Å²) in [7, 11) is 1.71. The zero-order valence-electron chi connectivity index (χ0n) is 10.6.